The van der Waals surface area contributed by atoms with Crippen molar-refractivity contribution in [3.63, 3.8) is 0 Å². The maximum absolute atomic E-state index is 13.0. The number of alkyl halides is 30. The lowest BCUT2D eigenvalue weighted by atomic mass is 9.56. The maximum Gasteiger partial charge on any atom is 0.403 e. The van der Waals surface area contributed by atoms with Crippen LogP contribution in [0.5, 0.6) is 0 Å². The highest BCUT2D eigenvalue weighted by molar-refractivity contribution is 5.03. The van der Waals surface area contributed by atoms with Gasteiger partial charge in [-0.05, 0) is 244 Å². The monoisotopic (exact) mass is 1930 g/mol. The summed E-state index contributed by atoms with van der Waals surface area (Å²) >= 11 is 0. The summed E-state index contributed by atoms with van der Waals surface area (Å²) in [6.45, 7) is 63.3. The molecule has 0 nitrogen and oxygen atoms in total. The van der Waals surface area contributed by atoms with Gasteiger partial charge in [-0.25, -0.2) is 0 Å². The van der Waals surface area contributed by atoms with Gasteiger partial charge in [0.05, 0.1) is 23.2 Å². The van der Waals surface area contributed by atoms with Gasteiger partial charge in [0.1, 0.15) is 0 Å². The molecule has 0 aromatic rings. The summed E-state index contributed by atoms with van der Waals surface area (Å²) < 4.78 is 376. The van der Waals surface area contributed by atoms with E-state index in [0.29, 0.717) is 77.4 Å². The molecule has 0 aromatic carbocycles. The molecule has 2 bridgehead atoms. The van der Waals surface area contributed by atoms with Crippen LogP contribution in [-0.2, 0) is 0 Å². The Bertz CT molecular complexity index is 2960. The van der Waals surface area contributed by atoms with E-state index in [1.807, 2.05) is 41.5 Å². The highest BCUT2D eigenvalue weighted by atomic mass is 19.5. The summed E-state index contributed by atoms with van der Waals surface area (Å²) in [5.74, 6) is -1.48. The predicted octanol–water partition coefficient (Wildman–Crippen LogP) is 40.9. The molecule has 0 amide bonds. The lowest BCUT2D eigenvalue weighted by Crippen LogP contribution is -2.55. The van der Waals surface area contributed by atoms with Gasteiger partial charge in [-0.2, -0.15) is 132 Å². The first-order chi connectivity index (χ1) is 56.8. The smallest absolute Gasteiger partial charge is 0.171 e. The zero-order valence-corrected chi connectivity index (χ0v) is 84.2. The van der Waals surface area contributed by atoms with Crippen molar-refractivity contribution >= 4 is 0 Å². The Kier molecular flexibility index (Phi) is 48.2. The second-order valence-electron chi connectivity index (χ2n) is 48.1. The van der Waals surface area contributed by atoms with Crippen molar-refractivity contribution in [2.24, 2.45) is 142 Å². The van der Waals surface area contributed by atoms with Crippen LogP contribution in [0.25, 0.3) is 0 Å². The highest BCUT2D eigenvalue weighted by Gasteiger charge is 2.74. The molecule has 8 atom stereocenters. The SMILES string of the molecule is CC(C)(C)C.CC(C)(C)C(C)(C)C(C)(C)C.CC1CCC(C(F)(F)F)(C(F)(F)F)CC1.CC1CCC(C(F)(F)F)CC1.CC1CCC2(CC1)CCC(C(F)(F)F)(C(F)(F)F)CC2.CC1CCCC(C(F)(F)F)[C@@H]1C.CCC(C)(C)C.C[C@@H]1CCCC(C(F)(F)F)C1.C[C@@H]1CCCCC1(C(F)(F)F)C(F)(F)F.C[C@H](C(C)(C)C)C(C)(C)C(F)(F)F.C[C@H]1CC2CCC1(C)CC2. The lowest BCUT2D eigenvalue weighted by molar-refractivity contribution is -0.364. The molecule has 1 spiro atoms. The fourth-order valence-corrected chi connectivity index (χ4v) is 18.8. The highest BCUT2D eigenvalue weighted by Crippen LogP contribution is 2.66. The van der Waals surface area contributed by atoms with Crippen LogP contribution >= 0.6 is 0 Å². The van der Waals surface area contributed by atoms with Gasteiger partial charge in [-0.15, -0.1) is 0 Å². The zero-order valence-electron chi connectivity index (χ0n) is 84.2. The van der Waals surface area contributed by atoms with Gasteiger partial charge < -0.3 is 0 Å². The third-order valence-corrected chi connectivity index (χ3v) is 32.2. The minimum absolute atomic E-state index is 0.0106. The number of hydrogen-bond donors (Lipinski definition) is 0. The van der Waals surface area contributed by atoms with Crippen LogP contribution in [0.2, 0.25) is 0 Å². The molecule has 30 heteroatoms. The molecule has 0 saturated heterocycles. The van der Waals surface area contributed by atoms with Crippen molar-refractivity contribution in [1.29, 1.82) is 0 Å². The Labute approximate surface area is 758 Å². The van der Waals surface area contributed by atoms with Crippen LogP contribution in [0.3, 0.4) is 0 Å². The normalized spacial score (nSPS) is 27.9. The molecule has 3 unspecified atom stereocenters. The summed E-state index contributed by atoms with van der Waals surface area (Å²) in [6, 6.07) is 0. The summed E-state index contributed by atoms with van der Waals surface area (Å²) in [5.41, 5.74) is -9.72. The number of rotatable bonds is 1. The molecule has 0 heterocycles. The van der Waals surface area contributed by atoms with E-state index in [9.17, 15) is 132 Å². The lowest BCUT2D eigenvalue weighted by Gasteiger charge is -2.49. The minimum Gasteiger partial charge on any atom is -0.171 e. The zero-order chi connectivity index (χ0) is 103. The van der Waals surface area contributed by atoms with Crippen LogP contribution in [0.1, 0.15) is 427 Å². The van der Waals surface area contributed by atoms with E-state index < -0.39 is 145 Å². The number of hydrogen-bond acceptors (Lipinski definition) is 0. The third-order valence-electron chi connectivity index (χ3n) is 32.2. The molecule has 0 N–H and O–H groups in total. The summed E-state index contributed by atoms with van der Waals surface area (Å²) in [5, 5.41) is 0. The fraction of sp³-hybridized carbons (Fsp3) is 1.00. The Morgan fingerprint density at radius 3 is 0.899 bits per heavy atom. The molecule has 10 fully saturated rings. The van der Waals surface area contributed by atoms with Gasteiger partial charge in [-0.1, -0.05) is 285 Å². The molecule has 10 rings (SSSR count). The fourth-order valence-electron chi connectivity index (χ4n) is 18.8. The third kappa shape index (κ3) is 40.0. The van der Waals surface area contributed by atoms with Crippen LogP contribution in [0, 0.1) is 142 Å². The second kappa shape index (κ2) is 48.2. The second-order valence-corrected chi connectivity index (χ2v) is 48.1. The van der Waals surface area contributed by atoms with Crippen LogP contribution in [0.15, 0.2) is 0 Å². The minimum atomic E-state index is -5.20. The average Bonchev–Trinajstić information content (AvgIpc) is 0.769. The molecule has 0 aromatic heterocycles. The molecule has 129 heavy (non-hydrogen) atoms. The van der Waals surface area contributed by atoms with Gasteiger partial charge in [0.25, 0.3) is 0 Å². The molecule has 10 saturated carbocycles. The molecule has 10 aliphatic rings. The van der Waals surface area contributed by atoms with Gasteiger partial charge in [0.2, 0.25) is 0 Å². The predicted molar refractivity (Wildman–Crippen MR) is 463 cm³/mol. The van der Waals surface area contributed by atoms with Gasteiger partial charge in [0.15, 0.2) is 16.2 Å². The van der Waals surface area contributed by atoms with Crippen molar-refractivity contribution in [2.45, 2.75) is 488 Å². The van der Waals surface area contributed by atoms with E-state index >= 15 is 0 Å². The van der Waals surface area contributed by atoms with Crippen LogP contribution in [-0.4, -0.2) is 61.8 Å². The van der Waals surface area contributed by atoms with Crippen LogP contribution in [0.4, 0.5) is 132 Å². The van der Waals surface area contributed by atoms with Crippen molar-refractivity contribution in [3.05, 3.63) is 0 Å². The first kappa shape index (κ1) is 129. The van der Waals surface area contributed by atoms with Gasteiger partial charge in [0, 0.05) is 0 Å². The van der Waals surface area contributed by atoms with Crippen molar-refractivity contribution in [1.82, 2.24) is 0 Å². The van der Waals surface area contributed by atoms with E-state index in [2.05, 4.69) is 132 Å². The standard InChI is InChI=1S/C14H20F6.C11H24.C10H19F3.C10H18.2C9H12F6.C9H15F3.2C8H13F3.C6H14.C5H12/c1-10-2-4-11(5-3-10)6-8-12(9-7-11,13(15,16)17)14(18,19)20;1-9(2,3)11(7,8)10(4,5)6;1-7(8(2,3)4)9(5,6)10(11,12)13;1-8-7-9-3-5-10(8,2)6-4-9;1-6-2-4-7(5-3-6,8(10,11)12)9(13,14)15;1-6-4-2-3-5-7(6,8(10,11)12)9(13,14)15;1-6-4-3-5-8(7(6)2)9(10,11)12;1-6-2-4-7(5-3-6)8(9,10)11;1-6-3-2-4-7(5-6)8(9,10)11;1-5-6(2,3)4;1-5(2,3)4/h10H,2-9H2,1H3;1-8H3;7H,1-6H3;8-9H,3-7H2,1-2H3;2*6H,2-5H2,1H3;6-8H,3-5H2,1-2H3;2*6-7H,2-5H2,1H3;5H2,1-4H3;1-4H3/t;;7-;8-,9?,10?;;6-;6?,7-,8?;;6-,7?;;/m..10.11.1../s1. The Balaban J connectivity index is 0. The first-order valence-electron chi connectivity index (χ1n) is 47.5. The maximum atomic E-state index is 13.0. The quantitative estimate of drug-likeness (QED) is 0.230. The molecule has 0 aliphatic heterocycles. The van der Waals surface area contributed by atoms with Crippen LogP contribution < -0.4 is 0 Å². The summed E-state index contributed by atoms with van der Waals surface area (Å²) in [4.78, 5) is 0. The average molecular weight is 1930 g/mol. The summed E-state index contributed by atoms with van der Waals surface area (Å²) in [6.07, 6.45) is -31.9. The number of halogens is 30. The summed E-state index contributed by atoms with van der Waals surface area (Å²) in [7, 11) is 0. The van der Waals surface area contributed by atoms with Crippen molar-refractivity contribution < 1.29 is 132 Å². The molecule has 778 valence electrons. The van der Waals surface area contributed by atoms with E-state index in [0.717, 1.165) is 88.4 Å². The Morgan fingerprint density at radius 1 is 0.310 bits per heavy atom. The van der Waals surface area contributed by atoms with E-state index in [1.165, 1.54) is 52.4 Å². The van der Waals surface area contributed by atoms with Crippen molar-refractivity contribution in [2.75, 3.05) is 0 Å². The Morgan fingerprint density at radius 2 is 0.659 bits per heavy atom. The molecule has 10 aliphatic carbocycles. The molecular weight excluding hydrogens is 1760 g/mol. The van der Waals surface area contributed by atoms with E-state index in [4.69, 9.17) is 0 Å². The Hall–Kier alpha value is -2.10. The van der Waals surface area contributed by atoms with Gasteiger partial charge in [-0.3, -0.25) is 0 Å². The number of fused-ring (bicyclic) bond motifs is 3. The largest absolute Gasteiger partial charge is 0.403 e. The van der Waals surface area contributed by atoms with Gasteiger partial charge >= 0.3 is 61.8 Å². The molecule has 0 radical (unpaired) electrons. The van der Waals surface area contributed by atoms with E-state index in [-0.39, 0.29) is 73.0 Å². The first-order valence-corrected chi connectivity index (χ1v) is 47.5. The van der Waals surface area contributed by atoms with Crippen molar-refractivity contribution in [3.8, 4) is 0 Å². The van der Waals surface area contributed by atoms with E-state index in [1.54, 1.807) is 20.8 Å². The topological polar surface area (TPSA) is 0 Å². The molecular formula is C99H172F30.